The summed E-state index contributed by atoms with van der Waals surface area (Å²) in [5, 5.41) is 11.6. The van der Waals surface area contributed by atoms with Crippen molar-refractivity contribution in [1.82, 2.24) is 4.90 Å². The van der Waals surface area contributed by atoms with E-state index in [9.17, 15) is 18.8 Å². The minimum Gasteiger partial charge on any atom is -0.480 e. The summed E-state index contributed by atoms with van der Waals surface area (Å²) in [6, 6.07) is 11.4. The van der Waals surface area contributed by atoms with E-state index < -0.39 is 18.1 Å². The zero-order chi connectivity index (χ0) is 20.7. The average Bonchev–Trinajstić information content (AvgIpc) is 2.67. The molecule has 0 heterocycles. The molecule has 2 aromatic carbocycles. The standard InChI is InChI=1S/C20H21FN2O5/c1-13(19(25)26)23(2)20(27)28-12-15-5-9-17(10-6-15)22-18(24)11-14-3-7-16(21)8-4-14/h3-10,13H,11-12H2,1-2H3,(H,22,24)(H,25,26)/t13-/m0/s1. The van der Waals surface area contributed by atoms with E-state index in [4.69, 9.17) is 9.84 Å². The largest absolute Gasteiger partial charge is 0.480 e. The molecule has 0 saturated carbocycles. The molecule has 2 amide bonds. The fourth-order valence-electron chi connectivity index (χ4n) is 2.25. The first-order chi connectivity index (χ1) is 13.3. The van der Waals surface area contributed by atoms with E-state index in [2.05, 4.69) is 5.32 Å². The van der Waals surface area contributed by atoms with E-state index in [0.29, 0.717) is 16.8 Å². The van der Waals surface area contributed by atoms with Crippen LogP contribution < -0.4 is 5.32 Å². The molecule has 0 spiro atoms. The molecule has 28 heavy (non-hydrogen) atoms. The molecule has 0 unspecified atom stereocenters. The third-order valence-corrected chi connectivity index (χ3v) is 4.10. The van der Waals surface area contributed by atoms with Crippen LogP contribution in [0.15, 0.2) is 48.5 Å². The number of nitrogens with one attached hydrogen (secondary N) is 1. The molecule has 0 radical (unpaired) electrons. The van der Waals surface area contributed by atoms with Crippen LogP contribution in [0.25, 0.3) is 0 Å². The van der Waals surface area contributed by atoms with Crippen LogP contribution in [0, 0.1) is 5.82 Å². The van der Waals surface area contributed by atoms with Gasteiger partial charge in [0.25, 0.3) is 0 Å². The van der Waals surface area contributed by atoms with Gasteiger partial charge in [-0.1, -0.05) is 24.3 Å². The normalized spacial score (nSPS) is 11.4. The third-order valence-electron chi connectivity index (χ3n) is 4.10. The van der Waals surface area contributed by atoms with E-state index in [0.717, 1.165) is 4.90 Å². The van der Waals surface area contributed by atoms with Gasteiger partial charge in [-0.25, -0.2) is 14.0 Å². The molecule has 2 N–H and O–H groups in total. The van der Waals surface area contributed by atoms with Crippen LogP contribution >= 0.6 is 0 Å². The molecule has 0 saturated heterocycles. The maximum atomic E-state index is 12.9. The Morgan fingerprint density at radius 1 is 1.07 bits per heavy atom. The smallest absolute Gasteiger partial charge is 0.410 e. The molecule has 148 valence electrons. The SMILES string of the molecule is C[C@@H](C(=O)O)N(C)C(=O)OCc1ccc(NC(=O)Cc2ccc(F)cc2)cc1. The van der Waals surface area contributed by atoms with Crippen molar-refractivity contribution in [3.05, 3.63) is 65.5 Å². The minimum atomic E-state index is -1.12. The molecule has 0 aliphatic rings. The molecule has 7 nitrogen and oxygen atoms in total. The number of anilines is 1. The van der Waals surface area contributed by atoms with Gasteiger partial charge in [0.2, 0.25) is 5.91 Å². The van der Waals surface area contributed by atoms with Crippen molar-refractivity contribution in [1.29, 1.82) is 0 Å². The molecule has 0 aliphatic heterocycles. The second-order valence-electron chi connectivity index (χ2n) is 6.23. The van der Waals surface area contributed by atoms with Gasteiger partial charge in [0.1, 0.15) is 18.5 Å². The second kappa shape index (κ2) is 9.50. The monoisotopic (exact) mass is 388 g/mol. The van der Waals surface area contributed by atoms with Crippen LogP contribution in [-0.4, -0.2) is 41.1 Å². The molecule has 1 atom stereocenters. The highest BCUT2D eigenvalue weighted by atomic mass is 19.1. The zero-order valence-electron chi connectivity index (χ0n) is 15.5. The van der Waals surface area contributed by atoms with E-state index in [1.165, 1.54) is 26.1 Å². The number of hydrogen-bond acceptors (Lipinski definition) is 4. The number of likely N-dealkylation sites (N-methyl/N-ethyl adjacent to an activating group) is 1. The Bertz CT molecular complexity index is 837. The predicted molar refractivity (Wildman–Crippen MR) is 100 cm³/mol. The Morgan fingerprint density at radius 3 is 2.21 bits per heavy atom. The predicted octanol–water partition coefficient (Wildman–Crippen LogP) is 3.05. The van der Waals surface area contributed by atoms with Crippen molar-refractivity contribution in [3.8, 4) is 0 Å². The summed E-state index contributed by atoms with van der Waals surface area (Å²) in [5.41, 5.74) is 1.95. The van der Waals surface area contributed by atoms with Gasteiger partial charge in [-0.05, 0) is 42.3 Å². The highest BCUT2D eigenvalue weighted by Crippen LogP contribution is 2.12. The number of ether oxygens (including phenoxy) is 1. The highest BCUT2D eigenvalue weighted by molar-refractivity contribution is 5.92. The van der Waals surface area contributed by atoms with Crippen molar-refractivity contribution >= 4 is 23.7 Å². The Morgan fingerprint density at radius 2 is 1.64 bits per heavy atom. The van der Waals surface area contributed by atoms with Crippen molar-refractivity contribution in [2.45, 2.75) is 26.0 Å². The lowest BCUT2D eigenvalue weighted by Crippen LogP contribution is -2.40. The van der Waals surface area contributed by atoms with E-state index in [1.807, 2.05) is 0 Å². The summed E-state index contributed by atoms with van der Waals surface area (Å²) in [6.07, 6.45) is -0.625. The van der Waals surface area contributed by atoms with Crippen LogP contribution in [0.3, 0.4) is 0 Å². The quantitative estimate of drug-likeness (QED) is 0.760. The first-order valence-electron chi connectivity index (χ1n) is 8.52. The topological polar surface area (TPSA) is 95.9 Å². The van der Waals surface area contributed by atoms with Gasteiger partial charge in [-0.3, -0.25) is 9.69 Å². The Hall–Kier alpha value is -3.42. The number of carbonyl (C=O) groups is 3. The summed E-state index contributed by atoms with van der Waals surface area (Å²) >= 11 is 0. The average molecular weight is 388 g/mol. The lowest BCUT2D eigenvalue weighted by atomic mass is 10.1. The molecule has 2 rings (SSSR count). The van der Waals surface area contributed by atoms with Crippen LogP contribution in [0.1, 0.15) is 18.1 Å². The van der Waals surface area contributed by atoms with Gasteiger partial charge >= 0.3 is 12.1 Å². The third kappa shape index (κ3) is 6.08. The first kappa shape index (κ1) is 20.9. The fourth-order valence-corrected chi connectivity index (χ4v) is 2.25. The number of hydrogen-bond donors (Lipinski definition) is 2. The molecule has 8 heteroatoms. The van der Waals surface area contributed by atoms with Crippen LogP contribution in [0.4, 0.5) is 14.9 Å². The van der Waals surface area contributed by atoms with Gasteiger partial charge in [0, 0.05) is 12.7 Å². The summed E-state index contributed by atoms with van der Waals surface area (Å²) < 4.78 is 18.0. The molecule has 0 aliphatic carbocycles. The number of amides is 2. The zero-order valence-corrected chi connectivity index (χ0v) is 15.5. The van der Waals surface area contributed by atoms with Crippen molar-refractivity contribution < 1.29 is 28.6 Å². The lowest BCUT2D eigenvalue weighted by Gasteiger charge is -2.20. The van der Waals surface area contributed by atoms with Gasteiger partial charge in [-0.15, -0.1) is 0 Å². The molecule has 2 aromatic rings. The van der Waals surface area contributed by atoms with Crippen molar-refractivity contribution in [2.24, 2.45) is 0 Å². The molecule has 0 fully saturated rings. The summed E-state index contributed by atoms with van der Waals surface area (Å²) in [7, 11) is 1.35. The molecular formula is C20H21FN2O5. The summed E-state index contributed by atoms with van der Waals surface area (Å²) in [5.74, 6) is -1.72. The van der Waals surface area contributed by atoms with E-state index in [1.54, 1.807) is 36.4 Å². The van der Waals surface area contributed by atoms with Gasteiger partial charge in [-0.2, -0.15) is 0 Å². The van der Waals surface area contributed by atoms with E-state index in [-0.39, 0.29) is 24.8 Å². The van der Waals surface area contributed by atoms with Crippen LogP contribution in [0.2, 0.25) is 0 Å². The fraction of sp³-hybridized carbons (Fsp3) is 0.250. The number of aliphatic carboxylic acids is 1. The van der Waals surface area contributed by atoms with Gasteiger partial charge in [0.05, 0.1) is 6.42 Å². The number of halogens is 1. The Labute approximate surface area is 161 Å². The number of benzene rings is 2. The van der Waals surface area contributed by atoms with Gasteiger partial charge < -0.3 is 15.2 Å². The molecule has 0 bridgehead atoms. The summed E-state index contributed by atoms with van der Waals surface area (Å²) in [4.78, 5) is 35.7. The first-order valence-corrected chi connectivity index (χ1v) is 8.52. The number of carboxylic acid groups (broad SMARTS) is 1. The van der Waals surface area contributed by atoms with Crippen molar-refractivity contribution in [2.75, 3.05) is 12.4 Å². The summed E-state index contributed by atoms with van der Waals surface area (Å²) in [6.45, 7) is 1.35. The Kier molecular flexibility index (Phi) is 7.08. The number of carboxylic acids is 1. The minimum absolute atomic E-state index is 0.0285. The second-order valence-corrected chi connectivity index (χ2v) is 6.23. The molecule has 0 aromatic heterocycles. The number of rotatable bonds is 7. The number of carbonyl (C=O) groups excluding carboxylic acids is 2. The van der Waals surface area contributed by atoms with Crippen LogP contribution in [-0.2, 0) is 27.4 Å². The molecular weight excluding hydrogens is 367 g/mol. The van der Waals surface area contributed by atoms with Crippen molar-refractivity contribution in [3.63, 3.8) is 0 Å². The van der Waals surface area contributed by atoms with Crippen LogP contribution in [0.5, 0.6) is 0 Å². The highest BCUT2D eigenvalue weighted by Gasteiger charge is 2.22. The van der Waals surface area contributed by atoms with Gasteiger partial charge in [0.15, 0.2) is 0 Å². The Balaban J connectivity index is 1.84. The lowest BCUT2D eigenvalue weighted by molar-refractivity contribution is -0.141. The maximum absolute atomic E-state index is 12.9. The van der Waals surface area contributed by atoms with E-state index >= 15 is 0 Å². The number of nitrogens with zero attached hydrogens (tertiary/aromatic N) is 1. The maximum Gasteiger partial charge on any atom is 0.410 e.